The molecule has 8 heteroatoms. The minimum Gasteiger partial charge on any atom is -0.462 e. The number of aliphatic hydroxyl groups is 1. The van der Waals surface area contributed by atoms with Crippen molar-refractivity contribution >= 4 is 11.5 Å². The first-order chi connectivity index (χ1) is 14.5. The molecule has 0 spiro atoms. The predicted octanol–water partition coefficient (Wildman–Crippen LogP) is 3.08. The first-order valence-electron chi connectivity index (χ1n) is 9.48. The van der Waals surface area contributed by atoms with Crippen LogP contribution in [0.1, 0.15) is 36.1 Å². The second kappa shape index (κ2) is 8.08. The molecule has 1 aromatic carbocycles. The lowest BCUT2D eigenvalue weighted by Gasteiger charge is -2.25. The summed E-state index contributed by atoms with van der Waals surface area (Å²) < 4.78 is 47.6. The summed E-state index contributed by atoms with van der Waals surface area (Å²) in [5, 5.41) is 10.5. The van der Waals surface area contributed by atoms with E-state index in [9.17, 15) is 27.9 Å². The van der Waals surface area contributed by atoms with Crippen LogP contribution < -0.4 is 5.56 Å². The first-order valence-corrected chi connectivity index (χ1v) is 9.48. The summed E-state index contributed by atoms with van der Waals surface area (Å²) in [6.07, 6.45) is -3.66. The lowest BCUT2D eigenvalue weighted by Crippen LogP contribution is -2.41. The van der Waals surface area contributed by atoms with Gasteiger partial charge in [0.1, 0.15) is 0 Å². The zero-order chi connectivity index (χ0) is 23.0. The van der Waals surface area contributed by atoms with E-state index >= 15 is 0 Å². The molecule has 0 saturated carbocycles. The van der Waals surface area contributed by atoms with Crippen molar-refractivity contribution in [2.45, 2.75) is 32.0 Å². The SMILES string of the molecule is CCOC(=O)C1=C(C)Cc2c1c(C#CC(O)(c1ccccc1)C(F)(F)F)cn(C)c2=O. The van der Waals surface area contributed by atoms with Crippen molar-refractivity contribution in [1.29, 1.82) is 0 Å². The van der Waals surface area contributed by atoms with Gasteiger partial charge in [-0.1, -0.05) is 41.8 Å². The van der Waals surface area contributed by atoms with Crippen molar-refractivity contribution in [1.82, 2.24) is 4.57 Å². The summed E-state index contributed by atoms with van der Waals surface area (Å²) in [6, 6.07) is 6.50. The molecule has 5 nitrogen and oxygen atoms in total. The number of ether oxygens (including phenoxy) is 1. The predicted molar refractivity (Wildman–Crippen MR) is 108 cm³/mol. The van der Waals surface area contributed by atoms with E-state index in [0.29, 0.717) is 5.57 Å². The number of fused-ring (bicyclic) bond motifs is 1. The number of nitrogens with zero attached hydrogens (tertiary/aromatic N) is 1. The van der Waals surface area contributed by atoms with E-state index in [2.05, 4.69) is 5.92 Å². The first kappa shape index (κ1) is 22.4. The molecular formula is C23H20F3NO4. The van der Waals surface area contributed by atoms with E-state index in [1.54, 1.807) is 13.8 Å². The molecule has 3 rings (SSSR count). The molecule has 1 aliphatic carbocycles. The van der Waals surface area contributed by atoms with Crippen LogP contribution in [0.25, 0.3) is 5.57 Å². The number of pyridine rings is 1. The third-order valence-electron chi connectivity index (χ3n) is 5.05. The standard InChI is InChI=1S/C23H20F3NO4/c1-4-31-21(29)18-14(2)12-17-19(18)15(13-27(3)20(17)28)10-11-22(30,23(24,25)26)16-8-6-5-7-9-16/h5-9,13,30H,4,12H2,1-3H3. The molecule has 0 amide bonds. The summed E-state index contributed by atoms with van der Waals surface area (Å²) in [4.78, 5) is 25.1. The zero-order valence-electron chi connectivity index (χ0n) is 17.1. The molecule has 2 aromatic rings. The lowest BCUT2D eigenvalue weighted by atomic mass is 9.92. The normalized spacial score (nSPS) is 15.1. The van der Waals surface area contributed by atoms with Crippen molar-refractivity contribution in [2.75, 3.05) is 6.61 Å². The highest BCUT2D eigenvalue weighted by atomic mass is 19.4. The molecule has 0 fully saturated rings. The van der Waals surface area contributed by atoms with Gasteiger partial charge >= 0.3 is 12.1 Å². The van der Waals surface area contributed by atoms with Crippen LogP contribution in [-0.2, 0) is 28.6 Å². The number of alkyl halides is 3. The Morgan fingerprint density at radius 1 is 1.26 bits per heavy atom. The fourth-order valence-electron chi connectivity index (χ4n) is 3.53. The number of benzene rings is 1. The Labute approximate surface area is 176 Å². The van der Waals surface area contributed by atoms with Crippen LogP contribution in [0.3, 0.4) is 0 Å². The van der Waals surface area contributed by atoms with Crippen LogP contribution in [0, 0.1) is 11.8 Å². The van der Waals surface area contributed by atoms with E-state index < -0.39 is 23.3 Å². The van der Waals surface area contributed by atoms with Crippen LogP contribution in [0.4, 0.5) is 13.2 Å². The number of aryl methyl sites for hydroxylation is 1. The van der Waals surface area contributed by atoms with Crippen molar-refractivity contribution in [3.05, 3.63) is 74.7 Å². The highest BCUT2D eigenvalue weighted by Crippen LogP contribution is 2.39. The Morgan fingerprint density at radius 2 is 1.90 bits per heavy atom. The number of hydrogen-bond acceptors (Lipinski definition) is 4. The molecule has 162 valence electrons. The molecule has 1 unspecified atom stereocenters. The van der Waals surface area contributed by atoms with Crippen LogP contribution in [-0.4, -0.2) is 28.4 Å². The minimum absolute atomic E-state index is 0.0237. The fourth-order valence-corrected chi connectivity index (χ4v) is 3.53. The van der Waals surface area contributed by atoms with Gasteiger partial charge in [-0.15, -0.1) is 0 Å². The largest absolute Gasteiger partial charge is 0.462 e. The monoisotopic (exact) mass is 431 g/mol. The molecule has 1 N–H and O–H groups in total. The maximum atomic E-state index is 13.8. The number of allylic oxidation sites excluding steroid dienone is 1. The van der Waals surface area contributed by atoms with E-state index in [4.69, 9.17) is 4.74 Å². The topological polar surface area (TPSA) is 68.5 Å². The van der Waals surface area contributed by atoms with E-state index in [-0.39, 0.29) is 40.9 Å². The van der Waals surface area contributed by atoms with Gasteiger partial charge in [-0.2, -0.15) is 13.2 Å². The molecule has 31 heavy (non-hydrogen) atoms. The van der Waals surface area contributed by atoms with Crippen molar-refractivity contribution in [3.8, 4) is 11.8 Å². The summed E-state index contributed by atoms with van der Waals surface area (Å²) >= 11 is 0. The molecular weight excluding hydrogens is 411 g/mol. The highest BCUT2D eigenvalue weighted by molar-refractivity contribution is 6.19. The number of aromatic nitrogens is 1. The molecule has 1 aromatic heterocycles. The van der Waals surface area contributed by atoms with Gasteiger partial charge in [0.05, 0.1) is 12.2 Å². The third kappa shape index (κ3) is 3.89. The Balaban J connectivity index is 2.24. The Kier molecular flexibility index (Phi) is 5.83. The number of halogens is 3. The van der Waals surface area contributed by atoms with Crippen molar-refractivity contribution in [2.24, 2.45) is 7.05 Å². The van der Waals surface area contributed by atoms with Crippen molar-refractivity contribution in [3.63, 3.8) is 0 Å². The van der Waals surface area contributed by atoms with Gasteiger partial charge in [0.25, 0.3) is 5.56 Å². The molecule has 1 aliphatic rings. The zero-order valence-corrected chi connectivity index (χ0v) is 17.1. The maximum Gasteiger partial charge on any atom is 0.433 e. The van der Waals surface area contributed by atoms with Crippen LogP contribution >= 0.6 is 0 Å². The molecule has 1 heterocycles. The number of carbonyl (C=O) groups is 1. The van der Waals surface area contributed by atoms with Gasteiger partial charge in [0.2, 0.25) is 5.60 Å². The molecule has 0 radical (unpaired) electrons. The molecule has 1 atom stereocenters. The third-order valence-corrected chi connectivity index (χ3v) is 5.05. The van der Waals surface area contributed by atoms with Gasteiger partial charge in [0.15, 0.2) is 0 Å². The smallest absolute Gasteiger partial charge is 0.433 e. The Hall–Kier alpha value is -3.31. The summed E-state index contributed by atoms with van der Waals surface area (Å²) in [6.45, 7) is 3.37. The number of hydrogen-bond donors (Lipinski definition) is 1. The van der Waals surface area contributed by atoms with Crippen LogP contribution in [0.2, 0.25) is 0 Å². The summed E-state index contributed by atoms with van der Waals surface area (Å²) in [7, 11) is 1.44. The van der Waals surface area contributed by atoms with E-state index in [1.807, 2.05) is 5.92 Å². The van der Waals surface area contributed by atoms with E-state index in [1.165, 1.54) is 36.0 Å². The Morgan fingerprint density at radius 3 is 2.48 bits per heavy atom. The van der Waals surface area contributed by atoms with Gasteiger partial charge in [0, 0.05) is 41.9 Å². The quantitative estimate of drug-likeness (QED) is 0.599. The molecule has 0 bridgehead atoms. The minimum atomic E-state index is -5.08. The van der Waals surface area contributed by atoms with Gasteiger partial charge < -0.3 is 14.4 Å². The Bertz CT molecular complexity index is 1180. The summed E-state index contributed by atoms with van der Waals surface area (Å²) in [5.41, 5.74) is -3.13. The number of carbonyl (C=O) groups excluding carboxylic acids is 1. The average Bonchev–Trinajstić information content (AvgIpc) is 3.07. The number of esters is 1. The van der Waals surface area contributed by atoms with Gasteiger partial charge in [-0.05, 0) is 19.8 Å². The molecule has 0 aliphatic heterocycles. The highest BCUT2D eigenvalue weighted by Gasteiger charge is 2.54. The lowest BCUT2D eigenvalue weighted by molar-refractivity contribution is -0.240. The second-order valence-electron chi connectivity index (χ2n) is 7.19. The average molecular weight is 431 g/mol. The fraction of sp³-hybridized carbons (Fsp3) is 0.304. The van der Waals surface area contributed by atoms with Crippen LogP contribution in [0.15, 0.2) is 46.9 Å². The van der Waals surface area contributed by atoms with E-state index in [0.717, 1.165) is 12.1 Å². The second-order valence-corrected chi connectivity index (χ2v) is 7.19. The maximum absolute atomic E-state index is 13.8. The molecule has 0 saturated heterocycles. The van der Waals surface area contributed by atoms with Gasteiger partial charge in [-0.3, -0.25) is 4.79 Å². The van der Waals surface area contributed by atoms with Crippen molar-refractivity contribution < 1.29 is 27.8 Å². The number of rotatable bonds is 3. The van der Waals surface area contributed by atoms with Gasteiger partial charge in [-0.25, -0.2) is 4.79 Å². The van der Waals surface area contributed by atoms with Crippen LogP contribution in [0.5, 0.6) is 0 Å². The summed E-state index contributed by atoms with van der Waals surface area (Å²) in [5.74, 6) is 3.65.